The van der Waals surface area contributed by atoms with E-state index in [1.165, 1.54) is 0 Å². The molecule has 0 atom stereocenters. The highest BCUT2D eigenvalue weighted by Gasteiger charge is 2.12. The molecule has 0 spiro atoms. The van der Waals surface area contributed by atoms with Crippen LogP contribution in [-0.2, 0) is 4.79 Å². The van der Waals surface area contributed by atoms with Gasteiger partial charge in [0.2, 0.25) is 0 Å². The number of nitriles is 1. The Bertz CT molecular complexity index is 452. The fourth-order valence-corrected chi connectivity index (χ4v) is 1.72. The molecule has 0 fully saturated rings. The summed E-state index contributed by atoms with van der Waals surface area (Å²) in [4.78, 5) is 13.7. The van der Waals surface area contributed by atoms with Crippen molar-refractivity contribution in [1.29, 1.82) is 5.26 Å². The topological polar surface area (TPSA) is 53.3 Å². The van der Waals surface area contributed by atoms with E-state index in [1.54, 1.807) is 29.2 Å². The van der Waals surface area contributed by atoms with E-state index in [0.29, 0.717) is 17.9 Å². The zero-order valence-corrected chi connectivity index (χ0v) is 11.6. The molecule has 0 aliphatic heterocycles. The van der Waals surface area contributed by atoms with Crippen molar-refractivity contribution in [3.05, 3.63) is 29.8 Å². The van der Waals surface area contributed by atoms with Crippen LogP contribution >= 0.6 is 0 Å². The number of carbonyl (C=O) groups excluding carboxylic acids is 1. The van der Waals surface area contributed by atoms with Gasteiger partial charge in [-0.25, -0.2) is 0 Å². The van der Waals surface area contributed by atoms with Crippen LogP contribution in [0.2, 0.25) is 0 Å². The van der Waals surface area contributed by atoms with E-state index in [4.69, 9.17) is 10.00 Å². The van der Waals surface area contributed by atoms with E-state index in [9.17, 15) is 4.79 Å². The van der Waals surface area contributed by atoms with Crippen molar-refractivity contribution in [1.82, 2.24) is 4.90 Å². The lowest BCUT2D eigenvalue weighted by atomic mass is 10.2. The van der Waals surface area contributed by atoms with Crippen molar-refractivity contribution in [2.45, 2.75) is 26.7 Å². The zero-order valence-electron chi connectivity index (χ0n) is 11.6. The molecule has 0 saturated carbocycles. The Morgan fingerprint density at radius 1 is 1.37 bits per heavy atom. The van der Waals surface area contributed by atoms with Crippen molar-refractivity contribution in [3.63, 3.8) is 0 Å². The molecule has 1 amide bonds. The summed E-state index contributed by atoms with van der Waals surface area (Å²) >= 11 is 0. The molecular formula is C15H20N2O2. The standard InChI is InChI=1S/C15H20N2O2/c1-3-5-10-17(4-2)15(18)12-19-14-9-7-6-8-13(14)11-16/h6-9H,3-5,10,12H2,1-2H3. The normalized spacial score (nSPS) is 9.74. The first-order chi connectivity index (χ1) is 9.22. The van der Waals surface area contributed by atoms with Crippen LogP contribution < -0.4 is 4.74 Å². The Hall–Kier alpha value is -2.02. The van der Waals surface area contributed by atoms with E-state index in [2.05, 4.69) is 6.92 Å². The summed E-state index contributed by atoms with van der Waals surface area (Å²) in [7, 11) is 0. The average Bonchev–Trinajstić information content (AvgIpc) is 2.46. The Balaban J connectivity index is 2.55. The largest absolute Gasteiger partial charge is 0.482 e. The van der Waals surface area contributed by atoms with E-state index in [-0.39, 0.29) is 12.5 Å². The third-order valence-electron chi connectivity index (χ3n) is 2.87. The second-order valence-electron chi connectivity index (χ2n) is 4.22. The number of unbranched alkanes of at least 4 members (excludes halogenated alkanes) is 1. The lowest BCUT2D eigenvalue weighted by molar-refractivity contribution is -0.133. The highest BCUT2D eigenvalue weighted by Crippen LogP contribution is 2.16. The van der Waals surface area contributed by atoms with Crippen molar-refractivity contribution in [2.24, 2.45) is 0 Å². The fourth-order valence-electron chi connectivity index (χ4n) is 1.72. The Kier molecular flexibility index (Phi) is 6.45. The minimum atomic E-state index is -0.0382. The first kappa shape index (κ1) is 15.0. The van der Waals surface area contributed by atoms with Gasteiger partial charge in [-0.1, -0.05) is 25.5 Å². The molecule has 4 heteroatoms. The van der Waals surface area contributed by atoms with Crippen LogP contribution in [0.25, 0.3) is 0 Å². The maximum absolute atomic E-state index is 12.0. The highest BCUT2D eigenvalue weighted by molar-refractivity contribution is 5.77. The maximum Gasteiger partial charge on any atom is 0.260 e. The van der Waals surface area contributed by atoms with Crippen molar-refractivity contribution in [2.75, 3.05) is 19.7 Å². The van der Waals surface area contributed by atoms with Gasteiger partial charge in [-0.2, -0.15) is 5.26 Å². The highest BCUT2D eigenvalue weighted by atomic mass is 16.5. The lowest BCUT2D eigenvalue weighted by Crippen LogP contribution is -2.35. The average molecular weight is 260 g/mol. The predicted octanol–water partition coefficient (Wildman–Crippen LogP) is 2.59. The number of amides is 1. The SMILES string of the molecule is CCCCN(CC)C(=O)COc1ccccc1C#N. The number of ether oxygens (including phenoxy) is 1. The summed E-state index contributed by atoms with van der Waals surface area (Å²) < 4.78 is 5.44. The maximum atomic E-state index is 12.0. The molecule has 0 aliphatic rings. The number of benzene rings is 1. The zero-order chi connectivity index (χ0) is 14.1. The Morgan fingerprint density at radius 3 is 2.74 bits per heavy atom. The van der Waals surface area contributed by atoms with Crippen LogP contribution in [0.5, 0.6) is 5.75 Å². The quantitative estimate of drug-likeness (QED) is 0.757. The minimum Gasteiger partial charge on any atom is -0.482 e. The number of hydrogen-bond donors (Lipinski definition) is 0. The second kappa shape index (κ2) is 8.15. The third-order valence-corrected chi connectivity index (χ3v) is 2.87. The second-order valence-corrected chi connectivity index (χ2v) is 4.22. The monoisotopic (exact) mass is 260 g/mol. The first-order valence-electron chi connectivity index (χ1n) is 6.62. The molecule has 4 nitrogen and oxygen atoms in total. The molecule has 0 saturated heterocycles. The number of para-hydroxylation sites is 1. The van der Waals surface area contributed by atoms with Gasteiger partial charge < -0.3 is 9.64 Å². The number of hydrogen-bond acceptors (Lipinski definition) is 3. The van der Waals surface area contributed by atoms with Gasteiger partial charge in [0.1, 0.15) is 11.8 Å². The number of carbonyl (C=O) groups is 1. The number of rotatable bonds is 7. The molecule has 0 aliphatic carbocycles. The van der Waals surface area contributed by atoms with E-state index >= 15 is 0 Å². The molecule has 1 aromatic carbocycles. The number of nitrogens with zero attached hydrogens (tertiary/aromatic N) is 2. The Labute approximate surface area is 114 Å². The van der Waals surface area contributed by atoms with Crippen molar-refractivity contribution in [3.8, 4) is 11.8 Å². The van der Waals surface area contributed by atoms with E-state index in [0.717, 1.165) is 19.4 Å². The van der Waals surface area contributed by atoms with Gasteiger partial charge in [-0.3, -0.25) is 4.79 Å². The first-order valence-corrected chi connectivity index (χ1v) is 6.62. The van der Waals surface area contributed by atoms with Crippen LogP contribution in [0, 0.1) is 11.3 Å². The van der Waals surface area contributed by atoms with E-state index in [1.807, 2.05) is 13.0 Å². The van der Waals surface area contributed by atoms with Gasteiger partial charge >= 0.3 is 0 Å². The molecule has 1 rings (SSSR count). The van der Waals surface area contributed by atoms with Crippen LogP contribution in [0.1, 0.15) is 32.3 Å². The minimum absolute atomic E-state index is 0.0176. The molecule has 0 bridgehead atoms. The smallest absolute Gasteiger partial charge is 0.260 e. The summed E-state index contributed by atoms with van der Waals surface area (Å²) in [6.45, 7) is 5.47. The van der Waals surface area contributed by atoms with Crippen molar-refractivity contribution >= 4 is 5.91 Å². The molecule has 0 unspecified atom stereocenters. The summed E-state index contributed by atoms with van der Waals surface area (Å²) in [5.74, 6) is 0.425. The summed E-state index contributed by atoms with van der Waals surface area (Å²) in [6, 6.07) is 8.98. The van der Waals surface area contributed by atoms with Crippen molar-refractivity contribution < 1.29 is 9.53 Å². The van der Waals surface area contributed by atoms with Crippen LogP contribution in [-0.4, -0.2) is 30.5 Å². The van der Waals surface area contributed by atoms with Gasteiger partial charge in [0.05, 0.1) is 5.56 Å². The fraction of sp³-hybridized carbons (Fsp3) is 0.467. The molecule has 0 N–H and O–H groups in total. The van der Waals surface area contributed by atoms with Crippen LogP contribution in [0.3, 0.4) is 0 Å². The molecule has 0 radical (unpaired) electrons. The molecule has 19 heavy (non-hydrogen) atoms. The van der Waals surface area contributed by atoms with Crippen LogP contribution in [0.15, 0.2) is 24.3 Å². The summed E-state index contributed by atoms with van der Waals surface area (Å²) in [5.41, 5.74) is 0.451. The van der Waals surface area contributed by atoms with Gasteiger partial charge in [0.15, 0.2) is 6.61 Å². The van der Waals surface area contributed by atoms with E-state index < -0.39 is 0 Å². The lowest BCUT2D eigenvalue weighted by Gasteiger charge is -2.20. The van der Waals surface area contributed by atoms with Crippen LogP contribution in [0.4, 0.5) is 0 Å². The third kappa shape index (κ3) is 4.63. The Morgan fingerprint density at radius 2 is 2.11 bits per heavy atom. The molecular weight excluding hydrogens is 240 g/mol. The van der Waals surface area contributed by atoms with Gasteiger partial charge in [0, 0.05) is 13.1 Å². The molecule has 0 aromatic heterocycles. The molecule has 0 heterocycles. The van der Waals surface area contributed by atoms with Gasteiger partial charge in [0.25, 0.3) is 5.91 Å². The van der Waals surface area contributed by atoms with Gasteiger partial charge in [-0.05, 0) is 25.5 Å². The van der Waals surface area contributed by atoms with Gasteiger partial charge in [-0.15, -0.1) is 0 Å². The summed E-state index contributed by atoms with van der Waals surface area (Å²) in [6.07, 6.45) is 2.05. The summed E-state index contributed by atoms with van der Waals surface area (Å²) in [5, 5.41) is 8.93. The predicted molar refractivity (Wildman–Crippen MR) is 73.8 cm³/mol. The molecule has 102 valence electrons. The molecule has 1 aromatic rings. The number of likely N-dealkylation sites (N-methyl/N-ethyl adjacent to an activating group) is 1.